The summed E-state index contributed by atoms with van der Waals surface area (Å²) in [6, 6.07) is 12.5. The van der Waals surface area contributed by atoms with E-state index in [-0.39, 0.29) is 23.9 Å². The molecular formula is C21H18F2N4O2. The van der Waals surface area contributed by atoms with Crippen LogP contribution in [0.25, 0.3) is 11.3 Å². The highest BCUT2D eigenvalue weighted by Crippen LogP contribution is 2.47. The zero-order valence-corrected chi connectivity index (χ0v) is 15.3. The fourth-order valence-corrected chi connectivity index (χ4v) is 4.11. The first-order valence-corrected chi connectivity index (χ1v) is 9.37. The molecule has 3 aromatic rings. The monoisotopic (exact) mass is 396 g/mol. The van der Waals surface area contributed by atoms with Gasteiger partial charge in [0.15, 0.2) is 0 Å². The highest BCUT2D eigenvalue weighted by Gasteiger charge is 2.56. The third-order valence-electron chi connectivity index (χ3n) is 5.60. The number of fused-ring (bicyclic) bond motifs is 1. The van der Waals surface area contributed by atoms with E-state index in [1.54, 1.807) is 12.1 Å². The van der Waals surface area contributed by atoms with E-state index in [9.17, 15) is 13.6 Å². The van der Waals surface area contributed by atoms with Crippen molar-refractivity contribution in [2.45, 2.75) is 6.04 Å². The molecule has 2 amide bonds. The molecule has 1 aliphatic heterocycles. The Bertz CT molecular complexity index is 1040. The van der Waals surface area contributed by atoms with Gasteiger partial charge in [-0.3, -0.25) is 0 Å². The summed E-state index contributed by atoms with van der Waals surface area (Å²) in [5.74, 6) is -0.599. The van der Waals surface area contributed by atoms with Crippen LogP contribution in [0.15, 0.2) is 59.3 Å². The molecule has 2 atom stereocenters. The highest BCUT2D eigenvalue weighted by atomic mass is 19.1. The van der Waals surface area contributed by atoms with Gasteiger partial charge in [-0.25, -0.2) is 13.6 Å². The van der Waals surface area contributed by atoms with Crippen LogP contribution in [0.1, 0.15) is 0 Å². The Morgan fingerprint density at radius 1 is 1.10 bits per heavy atom. The standard InChI is InChI=1S/C21H18F2N4O2/c22-13-4-5-19(17(23)9-13)27-10-15-16(11-27)20(15)25-21(28)24-14-3-1-2-12(8-14)18-6-7-29-26-18/h1-9,15-16,20H,10-11H2,(H2,24,25,28). The Balaban J connectivity index is 1.17. The summed E-state index contributed by atoms with van der Waals surface area (Å²) in [5, 5.41) is 9.72. The maximum absolute atomic E-state index is 14.0. The molecule has 1 saturated carbocycles. The fraction of sp³-hybridized carbons (Fsp3) is 0.238. The lowest BCUT2D eigenvalue weighted by molar-refractivity contribution is 0.250. The molecular weight excluding hydrogens is 378 g/mol. The van der Waals surface area contributed by atoms with Gasteiger partial charge in [0.1, 0.15) is 23.6 Å². The normalized spacial score (nSPS) is 22.3. The second kappa shape index (κ2) is 6.88. The molecule has 2 aliphatic rings. The summed E-state index contributed by atoms with van der Waals surface area (Å²) in [6.07, 6.45) is 1.50. The predicted octanol–water partition coefficient (Wildman–Crippen LogP) is 3.88. The van der Waals surface area contributed by atoms with Crippen molar-refractivity contribution >= 4 is 17.4 Å². The number of halogens is 2. The molecule has 1 aliphatic carbocycles. The number of hydrogen-bond acceptors (Lipinski definition) is 4. The molecule has 6 nitrogen and oxygen atoms in total. The number of rotatable bonds is 4. The summed E-state index contributed by atoms with van der Waals surface area (Å²) in [6.45, 7) is 1.28. The van der Waals surface area contributed by atoms with Crippen LogP contribution in [0, 0.1) is 23.5 Å². The summed E-state index contributed by atoms with van der Waals surface area (Å²) in [4.78, 5) is 14.3. The minimum atomic E-state index is -0.584. The molecule has 0 bridgehead atoms. The van der Waals surface area contributed by atoms with Crippen LogP contribution in [0.5, 0.6) is 0 Å². The molecule has 2 heterocycles. The Hall–Kier alpha value is -3.42. The van der Waals surface area contributed by atoms with Crippen LogP contribution in [0.3, 0.4) is 0 Å². The van der Waals surface area contributed by atoms with Gasteiger partial charge in [-0.2, -0.15) is 0 Å². The minimum absolute atomic E-state index is 0.0634. The summed E-state index contributed by atoms with van der Waals surface area (Å²) in [5.41, 5.74) is 2.60. The van der Waals surface area contributed by atoms with Crippen LogP contribution in [0.4, 0.5) is 25.0 Å². The first kappa shape index (κ1) is 17.7. The van der Waals surface area contributed by atoms with E-state index in [1.165, 1.54) is 18.4 Å². The number of amides is 2. The van der Waals surface area contributed by atoms with Crippen molar-refractivity contribution in [1.82, 2.24) is 10.5 Å². The number of nitrogens with zero attached hydrogens (tertiary/aromatic N) is 2. The lowest BCUT2D eigenvalue weighted by Gasteiger charge is -2.23. The number of aromatic nitrogens is 1. The zero-order valence-electron chi connectivity index (χ0n) is 15.3. The molecule has 1 aromatic heterocycles. The van der Waals surface area contributed by atoms with Gasteiger partial charge >= 0.3 is 6.03 Å². The van der Waals surface area contributed by atoms with Crippen LogP contribution < -0.4 is 15.5 Å². The molecule has 2 aromatic carbocycles. The van der Waals surface area contributed by atoms with E-state index in [4.69, 9.17) is 4.52 Å². The zero-order chi connectivity index (χ0) is 20.0. The average molecular weight is 396 g/mol. The van der Waals surface area contributed by atoms with Gasteiger partial charge in [-0.1, -0.05) is 17.3 Å². The number of benzene rings is 2. The number of nitrogens with one attached hydrogen (secondary N) is 2. The summed E-state index contributed by atoms with van der Waals surface area (Å²) in [7, 11) is 0. The van der Waals surface area contributed by atoms with Crippen molar-refractivity contribution in [2.75, 3.05) is 23.3 Å². The molecule has 1 saturated heterocycles. The number of piperidine rings is 1. The van der Waals surface area contributed by atoms with E-state index in [2.05, 4.69) is 15.8 Å². The van der Waals surface area contributed by atoms with Gasteiger partial charge in [0.2, 0.25) is 0 Å². The second-order valence-electron chi connectivity index (χ2n) is 7.42. The predicted molar refractivity (Wildman–Crippen MR) is 103 cm³/mol. The van der Waals surface area contributed by atoms with Gasteiger partial charge in [0.25, 0.3) is 0 Å². The van der Waals surface area contributed by atoms with Crippen molar-refractivity contribution in [2.24, 2.45) is 11.8 Å². The van der Waals surface area contributed by atoms with E-state index in [0.717, 1.165) is 11.6 Å². The van der Waals surface area contributed by atoms with Crippen molar-refractivity contribution in [1.29, 1.82) is 0 Å². The maximum Gasteiger partial charge on any atom is 0.319 e. The molecule has 5 rings (SSSR count). The summed E-state index contributed by atoms with van der Waals surface area (Å²) >= 11 is 0. The first-order valence-electron chi connectivity index (χ1n) is 9.37. The van der Waals surface area contributed by atoms with Crippen molar-refractivity contribution in [3.05, 3.63) is 66.4 Å². The van der Waals surface area contributed by atoms with E-state index in [1.807, 2.05) is 23.1 Å². The Morgan fingerprint density at radius 2 is 1.93 bits per heavy atom. The average Bonchev–Trinajstić information content (AvgIpc) is 3.13. The van der Waals surface area contributed by atoms with E-state index >= 15 is 0 Å². The van der Waals surface area contributed by atoms with Crippen LogP contribution in [-0.4, -0.2) is 30.3 Å². The van der Waals surface area contributed by atoms with E-state index in [0.29, 0.717) is 30.2 Å². The Kier molecular flexibility index (Phi) is 4.19. The van der Waals surface area contributed by atoms with Gasteiger partial charge < -0.3 is 20.1 Å². The second-order valence-corrected chi connectivity index (χ2v) is 7.42. The number of hydrogen-bond donors (Lipinski definition) is 2. The summed E-state index contributed by atoms with van der Waals surface area (Å²) < 4.78 is 31.9. The van der Waals surface area contributed by atoms with Crippen molar-refractivity contribution in [3.8, 4) is 11.3 Å². The molecule has 2 N–H and O–H groups in total. The Morgan fingerprint density at radius 3 is 2.66 bits per heavy atom. The van der Waals surface area contributed by atoms with Crippen LogP contribution in [-0.2, 0) is 0 Å². The lowest BCUT2D eigenvalue weighted by Crippen LogP contribution is -2.37. The third kappa shape index (κ3) is 3.41. The number of carbonyl (C=O) groups is 1. The van der Waals surface area contributed by atoms with Crippen molar-refractivity contribution in [3.63, 3.8) is 0 Å². The largest absolute Gasteiger partial charge is 0.368 e. The molecule has 148 valence electrons. The van der Waals surface area contributed by atoms with Gasteiger partial charge in [0.05, 0.1) is 5.69 Å². The minimum Gasteiger partial charge on any atom is -0.368 e. The SMILES string of the molecule is O=C(Nc1cccc(-c2ccon2)c1)NC1C2CN(c3ccc(F)cc3F)CC21. The number of urea groups is 1. The molecule has 29 heavy (non-hydrogen) atoms. The third-order valence-corrected chi connectivity index (χ3v) is 5.60. The van der Waals surface area contributed by atoms with Crippen LogP contribution in [0.2, 0.25) is 0 Å². The molecule has 2 fully saturated rings. The molecule has 8 heteroatoms. The topological polar surface area (TPSA) is 70.4 Å². The first-order chi connectivity index (χ1) is 14.1. The number of anilines is 2. The highest BCUT2D eigenvalue weighted by molar-refractivity contribution is 5.90. The molecule has 2 unspecified atom stereocenters. The van der Waals surface area contributed by atoms with E-state index < -0.39 is 11.6 Å². The fourth-order valence-electron chi connectivity index (χ4n) is 4.11. The van der Waals surface area contributed by atoms with Crippen LogP contribution >= 0.6 is 0 Å². The van der Waals surface area contributed by atoms with Crippen molar-refractivity contribution < 1.29 is 18.1 Å². The smallest absolute Gasteiger partial charge is 0.319 e. The Labute approximate surface area is 165 Å². The van der Waals surface area contributed by atoms with Gasteiger partial charge in [-0.05, 0) is 24.3 Å². The lowest BCUT2D eigenvalue weighted by atomic mass is 10.1. The molecule has 0 spiro atoms. The molecule has 0 radical (unpaired) electrons. The number of carbonyl (C=O) groups excluding carboxylic acids is 1. The van der Waals surface area contributed by atoms with Gasteiger partial charge in [0, 0.05) is 54.4 Å². The maximum atomic E-state index is 14.0. The van der Waals surface area contributed by atoms with Gasteiger partial charge in [-0.15, -0.1) is 0 Å². The quantitative estimate of drug-likeness (QED) is 0.702.